The zero-order valence-electron chi connectivity index (χ0n) is 7.20. The van der Waals surface area contributed by atoms with Gasteiger partial charge in [0.15, 0.2) is 11.5 Å². The van der Waals surface area contributed by atoms with Crippen molar-refractivity contribution in [3.05, 3.63) is 22.7 Å². The van der Waals surface area contributed by atoms with Crippen LogP contribution in [0.2, 0.25) is 0 Å². The minimum atomic E-state index is -1.25. The summed E-state index contributed by atoms with van der Waals surface area (Å²) in [6.45, 7) is 1.16. The number of nitrogens with two attached hydrogens (primary N) is 1. The highest BCUT2D eigenvalue weighted by molar-refractivity contribution is 6.33. The summed E-state index contributed by atoms with van der Waals surface area (Å²) in [7, 11) is 0. The number of carbonyl (C=O) groups excluding carboxylic acids is 3. The van der Waals surface area contributed by atoms with Gasteiger partial charge in [-0.1, -0.05) is 0 Å². The summed E-state index contributed by atoms with van der Waals surface area (Å²) in [5, 5.41) is 18.2. The van der Waals surface area contributed by atoms with Gasteiger partial charge in [-0.2, -0.15) is 0 Å². The van der Waals surface area contributed by atoms with Crippen molar-refractivity contribution >= 4 is 17.5 Å². The number of carbonyl (C=O) groups is 3. The quantitative estimate of drug-likeness (QED) is 0.378. The van der Waals surface area contributed by atoms with E-state index < -0.39 is 34.6 Å². The molecule has 0 fully saturated rings. The molecule has 1 aliphatic rings. The molecule has 6 nitrogen and oxygen atoms in total. The largest absolute Gasteiger partial charge is 0.504 e. The summed E-state index contributed by atoms with van der Waals surface area (Å²) >= 11 is 0. The predicted molar refractivity (Wildman–Crippen MR) is 44.2 cm³/mol. The lowest BCUT2D eigenvalue weighted by Crippen LogP contribution is -2.30. The van der Waals surface area contributed by atoms with Crippen LogP contribution in [0.15, 0.2) is 22.7 Å². The van der Waals surface area contributed by atoms with E-state index in [1.807, 2.05) is 0 Å². The van der Waals surface area contributed by atoms with Crippen molar-refractivity contribution in [2.45, 2.75) is 6.92 Å². The Labute approximate surface area is 78.3 Å². The first-order valence-corrected chi connectivity index (χ1v) is 3.60. The number of hydrogen-bond acceptors (Lipinski definition) is 5. The highest BCUT2D eigenvalue weighted by atomic mass is 16.3. The van der Waals surface area contributed by atoms with Crippen LogP contribution in [0.1, 0.15) is 6.92 Å². The number of primary amides is 1. The molecule has 0 bridgehead atoms. The van der Waals surface area contributed by atoms with E-state index in [1.54, 1.807) is 0 Å². The van der Waals surface area contributed by atoms with Crippen LogP contribution in [0.25, 0.3) is 0 Å². The summed E-state index contributed by atoms with van der Waals surface area (Å²) in [4.78, 5) is 32.9. The Kier molecular flexibility index (Phi) is 2.13. The summed E-state index contributed by atoms with van der Waals surface area (Å²) in [6.07, 6.45) is 0. The summed E-state index contributed by atoms with van der Waals surface area (Å²) in [6, 6.07) is 0. The third kappa shape index (κ3) is 1.17. The van der Waals surface area contributed by atoms with Gasteiger partial charge in [0.25, 0.3) is 5.91 Å². The monoisotopic (exact) mass is 197 g/mol. The van der Waals surface area contributed by atoms with Crippen molar-refractivity contribution in [3.63, 3.8) is 0 Å². The summed E-state index contributed by atoms with van der Waals surface area (Å²) < 4.78 is 0. The summed E-state index contributed by atoms with van der Waals surface area (Å²) in [5.74, 6) is -5.23. The molecule has 1 aliphatic carbocycles. The topological polar surface area (TPSA) is 118 Å². The fourth-order valence-electron chi connectivity index (χ4n) is 1.02. The number of allylic oxidation sites excluding steroid dienone is 2. The molecule has 0 aliphatic heterocycles. The maximum absolute atomic E-state index is 11.2. The van der Waals surface area contributed by atoms with Crippen LogP contribution in [-0.4, -0.2) is 27.7 Å². The first kappa shape index (κ1) is 9.97. The van der Waals surface area contributed by atoms with E-state index >= 15 is 0 Å². The molecule has 1 amide bonds. The van der Waals surface area contributed by atoms with Gasteiger partial charge in [0.1, 0.15) is 5.57 Å². The maximum atomic E-state index is 11.2. The Balaban J connectivity index is 3.41. The van der Waals surface area contributed by atoms with E-state index in [0.29, 0.717) is 0 Å². The number of rotatable bonds is 1. The molecule has 0 heterocycles. The van der Waals surface area contributed by atoms with Crippen molar-refractivity contribution in [1.82, 2.24) is 0 Å². The smallest absolute Gasteiger partial charge is 0.256 e. The lowest BCUT2D eigenvalue weighted by Gasteiger charge is -2.12. The second-order valence-corrected chi connectivity index (χ2v) is 2.72. The van der Waals surface area contributed by atoms with Gasteiger partial charge in [0.2, 0.25) is 11.6 Å². The van der Waals surface area contributed by atoms with Crippen LogP contribution in [-0.2, 0) is 14.4 Å². The van der Waals surface area contributed by atoms with E-state index in [9.17, 15) is 14.4 Å². The molecule has 0 radical (unpaired) electrons. The van der Waals surface area contributed by atoms with E-state index in [0.717, 1.165) is 6.92 Å². The number of aliphatic hydroxyl groups excluding tert-OH is 2. The van der Waals surface area contributed by atoms with Gasteiger partial charge in [-0.05, 0) is 6.92 Å². The molecular weight excluding hydrogens is 190 g/mol. The van der Waals surface area contributed by atoms with Gasteiger partial charge in [-0.15, -0.1) is 0 Å². The third-order valence-corrected chi connectivity index (χ3v) is 1.84. The number of aliphatic hydroxyl groups is 2. The van der Waals surface area contributed by atoms with Crippen molar-refractivity contribution in [2.75, 3.05) is 0 Å². The molecule has 74 valence electrons. The average Bonchev–Trinajstić information content (AvgIpc) is 2.11. The van der Waals surface area contributed by atoms with Gasteiger partial charge < -0.3 is 15.9 Å². The second kappa shape index (κ2) is 2.99. The third-order valence-electron chi connectivity index (χ3n) is 1.84. The Morgan fingerprint density at radius 3 is 2.07 bits per heavy atom. The molecule has 0 aromatic heterocycles. The number of Topliss-reactive ketones (excluding diaryl/α,β-unsaturated/α-hetero) is 2. The van der Waals surface area contributed by atoms with Crippen molar-refractivity contribution < 1.29 is 24.6 Å². The Morgan fingerprint density at radius 1 is 1.14 bits per heavy atom. The molecule has 1 rings (SSSR count). The lowest BCUT2D eigenvalue weighted by atomic mass is 9.94. The van der Waals surface area contributed by atoms with Crippen molar-refractivity contribution in [3.8, 4) is 0 Å². The van der Waals surface area contributed by atoms with Crippen LogP contribution in [0.4, 0.5) is 0 Å². The van der Waals surface area contributed by atoms with Crippen LogP contribution in [0.5, 0.6) is 0 Å². The van der Waals surface area contributed by atoms with Gasteiger partial charge in [0, 0.05) is 5.57 Å². The highest BCUT2D eigenvalue weighted by Gasteiger charge is 2.35. The van der Waals surface area contributed by atoms with Gasteiger partial charge in [-0.25, -0.2) is 0 Å². The van der Waals surface area contributed by atoms with Gasteiger partial charge in [0.05, 0.1) is 0 Å². The molecular formula is C8H7NO5. The zero-order valence-corrected chi connectivity index (χ0v) is 7.20. The Bertz CT molecular complexity index is 415. The first-order chi connectivity index (χ1) is 6.37. The molecule has 0 aromatic rings. The van der Waals surface area contributed by atoms with Crippen LogP contribution < -0.4 is 5.73 Å². The fraction of sp³-hybridized carbons (Fsp3) is 0.125. The van der Waals surface area contributed by atoms with Crippen molar-refractivity contribution in [2.24, 2.45) is 5.73 Å². The zero-order chi connectivity index (χ0) is 11.0. The molecule has 0 saturated heterocycles. The molecule has 0 atom stereocenters. The van der Waals surface area contributed by atoms with E-state index in [1.165, 1.54) is 0 Å². The van der Waals surface area contributed by atoms with Crippen molar-refractivity contribution in [1.29, 1.82) is 0 Å². The molecule has 6 heteroatoms. The van der Waals surface area contributed by atoms with Crippen LogP contribution in [0.3, 0.4) is 0 Å². The van der Waals surface area contributed by atoms with E-state index in [4.69, 9.17) is 15.9 Å². The van der Waals surface area contributed by atoms with Gasteiger partial charge >= 0.3 is 0 Å². The van der Waals surface area contributed by atoms with E-state index in [2.05, 4.69) is 0 Å². The summed E-state index contributed by atoms with van der Waals surface area (Å²) in [5.41, 5.74) is 3.57. The van der Waals surface area contributed by atoms with Gasteiger partial charge in [-0.3, -0.25) is 14.4 Å². The fourth-order valence-corrected chi connectivity index (χ4v) is 1.02. The number of amides is 1. The molecule has 0 saturated carbocycles. The molecule has 4 N–H and O–H groups in total. The maximum Gasteiger partial charge on any atom is 0.256 e. The lowest BCUT2D eigenvalue weighted by molar-refractivity contribution is -0.124. The van der Waals surface area contributed by atoms with Crippen LogP contribution in [0, 0.1) is 0 Å². The van der Waals surface area contributed by atoms with E-state index in [-0.39, 0.29) is 5.57 Å². The van der Waals surface area contributed by atoms with Crippen LogP contribution >= 0.6 is 0 Å². The Morgan fingerprint density at radius 2 is 1.64 bits per heavy atom. The number of ketones is 2. The molecule has 0 unspecified atom stereocenters. The molecule has 0 aromatic carbocycles. The highest BCUT2D eigenvalue weighted by Crippen LogP contribution is 2.21. The number of hydrogen-bond donors (Lipinski definition) is 3. The Hall–Kier alpha value is -2.11. The standard InChI is InChI=1S/C8H7NO5/c1-2-4(10)6(12)3(8(9)14)7(13)5(2)11/h10,13H,1H3,(H2,9,14). The predicted octanol–water partition coefficient (Wildman–Crippen LogP) is -0.732. The molecule has 0 spiro atoms. The normalized spacial score (nSPS) is 17.8. The minimum Gasteiger partial charge on any atom is -0.504 e. The second-order valence-electron chi connectivity index (χ2n) is 2.72. The SMILES string of the molecule is CC1=C(O)C(=O)C(C(N)=O)=C(O)C1=O. The average molecular weight is 197 g/mol. The molecule has 14 heavy (non-hydrogen) atoms. The minimum absolute atomic E-state index is 0.308. The first-order valence-electron chi connectivity index (χ1n) is 3.60.